The maximum atomic E-state index is 5.48. The molecule has 2 fully saturated rings. The third-order valence-corrected chi connectivity index (χ3v) is 4.36. The van der Waals surface area contributed by atoms with E-state index in [1.165, 1.54) is 18.4 Å². The fourth-order valence-electron chi connectivity index (χ4n) is 2.84. The van der Waals surface area contributed by atoms with Gasteiger partial charge < -0.3 is 10.1 Å². The van der Waals surface area contributed by atoms with Gasteiger partial charge in [-0.05, 0) is 24.8 Å². The fraction of sp³-hybridized carbons (Fsp3) is 0.529. The van der Waals surface area contributed by atoms with E-state index in [9.17, 15) is 0 Å². The highest BCUT2D eigenvalue weighted by atomic mass is 16.5. The number of hydrogen-bond donors (Lipinski definition) is 1. The SMILES string of the molecule is c1ccc(Cn2nc([C@H]3CCOC3)nc2CNC2CC2)cc1. The molecule has 0 unspecified atom stereocenters. The van der Waals surface area contributed by atoms with E-state index >= 15 is 0 Å². The van der Waals surface area contributed by atoms with Crippen molar-refractivity contribution in [3.05, 3.63) is 47.5 Å². The van der Waals surface area contributed by atoms with Gasteiger partial charge in [0.2, 0.25) is 0 Å². The molecule has 0 spiro atoms. The van der Waals surface area contributed by atoms with Crippen molar-refractivity contribution in [1.82, 2.24) is 20.1 Å². The number of rotatable bonds is 6. The van der Waals surface area contributed by atoms with Crippen molar-refractivity contribution in [2.75, 3.05) is 13.2 Å². The van der Waals surface area contributed by atoms with Crippen molar-refractivity contribution >= 4 is 0 Å². The molecule has 116 valence electrons. The van der Waals surface area contributed by atoms with E-state index in [-0.39, 0.29) is 0 Å². The van der Waals surface area contributed by atoms with Gasteiger partial charge in [-0.1, -0.05) is 30.3 Å². The summed E-state index contributed by atoms with van der Waals surface area (Å²) in [5.74, 6) is 2.34. The standard InChI is InChI=1S/C17H22N4O/c1-2-4-13(5-3-1)11-21-16(10-18-15-6-7-15)19-17(20-21)14-8-9-22-12-14/h1-5,14-15,18H,6-12H2/t14-/m0/s1. The summed E-state index contributed by atoms with van der Waals surface area (Å²) in [5.41, 5.74) is 1.26. The molecule has 1 saturated heterocycles. The van der Waals surface area contributed by atoms with Crippen LogP contribution in [0.1, 0.15) is 42.4 Å². The van der Waals surface area contributed by atoms with E-state index in [0.29, 0.717) is 12.0 Å². The monoisotopic (exact) mass is 298 g/mol. The molecule has 0 bridgehead atoms. The lowest BCUT2D eigenvalue weighted by Crippen LogP contribution is -2.19. The summed E-state index contributed by atoms with van der Waals surface area (Å²) in [5, 5.41) is 8.32. The van der Waals surface area contributed by atoms with Crippen molar-refractivity contribution < 1.29 is 4.74 Å². The Bertz CT molecular complexity index is 615. The first-order chi connectivity index (χ1) is 10.9. The lowest BCUT2D eigenvalue weighted by Gasteiger charge is -2.06. The van der Waals surface area contributed by atoms with E-state index in [1.807, 2.05) is 6.07 Å². The van der Waals surface area contributed by atoms with E-state index in [1.54, 1.807) is 0 Å². The number of hydrogen-bond acceptors (Lipinski definition) is 4. The Hall–Kier alpha value is -1.72. The molecule has 0 radical (unpaired) electrons. The van der Waals surface area contributed by atoms with E-state index in [2.05, 4.69) is 34.3 Å². The minimum Gasteiger partial charge on any atom is -0.381 e. The van der Waals surface area contributed by atoms with Crippen LogP contribution in [0.5, 0.6) is 0 Å². The van der Waals surface area contributed by atoms with Crippen molar-refractivity contribution in [3.8, 4) is 0 Å². The van der Waals surface area contributed by atoms with Gasteiger partial charge in [-0.2, -0.15) is 5.10 Å². The summed E-state index contributed by atoms with van der Waals surface area (Å²) in [4.78, 5) is 4.80. The van der Waals surface area contributed by atoms with Gasteiger partial charge in [-0.25, -0.2) is 9.67 Å². The smallest absolute Gasteiger partial charge is 0.156 e. The Kier molecular flexibility index (Phi) is 3.91. The number of aromatic nitrogens is 3. The molecule has 22 heavy (non-hydrogen) atoms. The first-order valence-corrected chi connectivity index (χ1v) is 8.17. The quantitative estimate of drug-likeness (QED) is 0.887. The van der Waals surface area contributed by atoms with Crippen LogP contribution in [0.4, 0.5) is 0 Å². The first kappa shape index (κ1) is 13.9. The molecule has 1 saturated carbocycles. The number of nitrogens with zero attached hydrogens (tertiary/aromatic N) is 3. The van der Waals surface area contributed by atoms with Crippen LogP contribution in [0.25, 0.3) is 0 Å². The highest BCUT2D eigenvalue weighted by Gasteiger charge is 2.25. The van der Waals surface area contributed by atoms with Gasteiger partial charge in [-0.3, -0.25) is 0 Å². The van der Waals surface area contributed by atoms with E-state index in [0.717, 1.165) is 44.4 Å². The fourth-order valence-corrected chi connectivity index (χ4v) is 2.84. The molecule has 0 amide bonds. The van der Waals surface area contributed by atoms with Gasteiger partial charge in [-0.15, -0.1) is 0 Å². The average Bonchev–Trinajstić information content (AvgIpc) is 3.06. The summed E-state index contributed by atoms with van der Waals surface area (Å²) in [6.45, 7) is 3.17. The Balaban J connectivity index is 1.55. The van der Waals surface area contributed by atoms with Crippen LogP contribution in [0.15, 0.2) is 30.3 Å². The Morgan fingerprint density at radius 1 is 1.18 bits per heavy atom. The lowest BCUT2D eigenvalue weighted by molar-refractivity contribution is 0.193. The minimum atomic E-state index is 0.358. The molecular formula is C17H22N4O. The topological polar surface area (TPSA) is 52.0 Å². The number of ether oxygens (including phenoxy) is 1. The van der Waals surface area contributed by atoms with Gasteiger partial charge in [0, 0.05) is 18.6 Å². The molecule has 2 aliphatic rings. The number of benzene rings is 1. The maximum absolute atomic E-state index is 5.48. The Labute approximate surface area is 130 Å². The summed E-state index contributed by atoms with van der Waals surface area (Å²) < 4.78 is 7.54. The van der Waals surface area contributed by atoms with Crippen LogP contribution in [0.2, 0.25) is 0 Å². The van der Waals surface area contributed by atoms with Gasteiger partial charge >= 0.3 is 0 Å². The molecule has 5 heteroatoms. The van der Waals surface area contributed by atoms with Crippen LogP contribution < -0.4 is 5.32 Å². The summed E-state index contributed by atoms with van der Waals surface area (Å²) >= 11 is 0. The highest BCUT2D eigenvalue weighted by Crippen LogP contribution is 2.23. The molecule has 4 rings (SSSR count). The molecule has 1 aromatic heterocycles. The molecule has 1 atom stereocenters. The number of nitrogens with one attached hydrogen (secondary N) is 1. The second kappa shape index (κ2) is 6.18. The predicted octanol–water partition coefficient (Wildman–Crippen LogP) is 2.08. The van der Waals surface area contributed by atoms with Gasteiger partial charge in [0.25, 0.3) is 0 Å². The third-order valence-electron chi connectivity index (χ3n) is 4.36. The normalized spacial score (nSPS) is 21.4. The maximum Gasteiger partial charge on any atom is 0.156 e. The van der Waals surface area contributed by atoms with Crippen LogP contribution in [0, 0.1) is 0 Å². The van der Waals surface area contributed by atoms with Crippen molar-refractivity contribution in [2.45, 2.75) is 44.3 Å². The third kappa shape index (κ3) is 3.20. The Morgan fingerprint density at radius 2 is 2.05 bits per heavy atom. The minimum absolute atomic E-state index is 0.358. The summed E-state index contributed by atoms with van der Waals surface area (Å²) in [6.07, 6.45) is 3.61. The van der Waals surface area contributed by atoms with Crippen LogP contribution in [-0.2, 0) is 17.8 Å². The van der Waals surface area contributed by atoms with Crippen LogP contribution >= 0.6 is 0 Å². The zero-order chi connectivity index (χ0) is 14.8. The van der Waals surface area contributed by atoms with Gasteiger partial charge in [0.05, 0.1) is 19.7 Å². The molecule has 2 aromatic rings. The highest BCUT2D eigenvalue weighted by molar-refractivity contribution is 5.15. The molecule has 5 nitrogen and oxygen atoms in total. The predicted molar refractivity (Wildman–Crippen MR) is 83.6 cm³/mol. The molecule has 1 aromatic carbocycles. The zero-order valence-corrected chi connectivity index (χ0v) is 12.7. The molecule has 1 aliphatic heterocycles. The van der Waals surface area contributed by atoms with Gasteiger partial charge in [0.15, 0.2) is 5.82 Å². The molecular weight excluding hydrogens is 276 g/mol. The van der Waals surface area contributed by atoms with Crippen molar-refractivity contribution in [2.24, 2.45) is 0 Å². The van der Waals surface area contributed by atoms with Gasteiger partial charge in [0.1, 0.15) is 5.82 Å². The van der Waals surface area contributed by atoms with Crippen LogP contribution in [0.3, 0.4) is 0 Å². The van der Waals surface area contributed by atoms with Crippen molar-refractivity contribution in [1.29, 1.82) is 0 Å². The second-order valence-corrected chi connectivity index (χ2v) is 6.25. The molecule has 1 aliphatic carbocycles. The zero-order valence-electron chi connectivity index (χ0n) is 12.7. The average molecular weight is 298 g/mol. The first-order valence-electron chi connectivity index (χ1n) is 8.17. The van der Waals surface area contributed by atoms with Crippen molar-refractivity contribution in [3.63, 3.8) is 0 Å². The Morgan fingerprint density at radius 3 is 2.77 bits per heavy atom. The second-order valence-electron chi connectivity index (χ2n) is 6.25. The lowest BCUT2D eigenvalue weighted by atomic mass is 10.1. The van der Waals surface area contributed by atoms with E-state index in [4.69, 9.17) is 14.8 Å². The summed E-state index contributed by atoms with van der Waals surface area (Å²) in [6, 6.07) is 11.1. The molecule has 2 heterocycles. The molecule has 1 N–H and O–H groups in total. The summed E-state index contributed by atoms with van der Waals surface area (Å²) in [7, 11) is 0. The van der Waals surface area contributed by atoms with E-state index < -0.39 is 0 Å². The van der Waals surface area contributed by atoms with Crippen LogP contribution in [-0.4, -0.2) is 34.0 Å². The largest absolute Gasteiger partial charge is 0.381 e.